The summed E-state index contributed by atoms with van der Waals surface area (Å²) >= 11 is 0. The highest BCUT2D eigenvalue weighted by atomic mass is 32.2. The van der Waals surface area contributed by atoms with Gasteiger partial charge in [-0.1, -0.05) is 6.07 Å². The molecule has 3 aromatic rings. The van der Waals surface area contributed by atoms with E-state index in [2.05, 4.69) is 10.4 Å². The van der Waals surface area contributed by atoms with Crippen LogP contribution < -0.4 is 5.32 Å². The van der Waals surface area contributed by atoms with Crippen molar-refractivity contribution in [3.05, 3.63) is 60.1 Å². The van der Waals surface area contributed by atoms with Crippen LogP contribution in [0.15, 0.2) is 58.2 Å². The molecule has 0 aliphatic rings. The molecule has 0 bridgehead atoms. The van der Waals surface area contributed by atoms with Gasteiger partial charge in [0.15, 0.2) is 11.5 Å². The van der Waals surface area contributed by atoms with Gasteiger partial charge in [-0.15, -0.1) is 0 Å². The molecule has 1 N–H and O–H groups in total. The second-order valence-electron chi connectivity index (χ2n) is 6.28. The predicted octanol–water partition coefficient (Wildman–Crippen LogP) is 2.14. The van der Waals surface area contributed by atoms with Crippen LogP contribution in [0, 0.1) is 0 Å². The number of sulfonamides is 1. The summed E-state index contributed by atoms with van der Waals surface area (Å²) in [7, 11) is -1.04. The lowest BCUT2D eigenvalue weighted by molar-refractivity contribution is 0.0519. The summed E-state index contributed by atoms with van der Waals surface area (Å²) in [6.07, 6.45) is 1.60. The fourth-order valence-corrected chi connectivity index (χ4v) is 3.26. The van der Waals surface area contributed by atoms with Crippen molar-refractivity contribution in [1.29, 1.82) is 0 Å². The van der Waals surface area contributed by atoms with E-state index in [-0.39, 0.29) is 23.2 Å². The maximum atomic E-state index is 12.4. The lowest BCUT2D eigenvalue weighted by atomic mass is 10.2. The van der Waals surface area contributed by atoms with Crippen LogP contribution in [0.2, 0.25) is 0 Å². The summed E-state index contributed by atoms with van der Waals surface area (Å²) in [6.45, 7) is 1.95. The molecule has 0 saturated heterocycles. The van der Waals surface area contributed by atoms with Gasteiger partial charge >= 0.3 is 5.97 Å². The molecule has 3 rings (SSSR count). The zero-order valence-electron chi connectivity index (χ0n) is 16.5. The Labute approximate surface area is 173 Å². The van der Waals surface area contributed by atoms with Crippen molar-refractivity contribution in [3.63, 3.8) is 0 Å². The molecule has 0 spiro atoms. The SMILES string of the molecule is CCOC(=O)c1ccn(-c2cccc(NC(=O)c3ccc(S(=O)(=O)N(C)C)o3)c2)n1. The number of esters is 1. The van der Waals surface area contributed by atoms with Crippen LogP contribution >= 0.6 is 0 Å². The third-order valence-electron chi connectivity index (χ3n) is 3.98. The maximum Gasteiger partial charge on any atom is 0.358 e. The van der Waals surface area contributed by atoms with E-state index in [1.807, 2.05) is 0 Å². The number of carbonyl (C=O) groups is 2. The van der Waals surface area contributed by atoms with Gasteiger partial charge in [0.2, 0.25) is 5.09 Å². The van der Waals surface area contributed by atoms with Gasteiger partial charge < -0.3 is 14.5 Å². The van der Waals surface area contributed by atoms with Crippen LogP contribution in [-0.2, 0) is 14.8 Å². The normalized spacial score (nSPS) is 11.5. The summed E-state index contributed by atoms with van der Waals surface area (Å²) in [5.41, 5.74) is 1.19. The van der Waals surface area contributed by atoms with Gasteiger partial charge in [0.05, 0.1) is 12.3 Å². The van der Waals surface area contributed by atoms with Gasteiger partial charge in [0, 0.05) is 26.0 Å². The number of nitrogens with zero attached hydrogens (tertiary/aromatic N) is 3. The van der Waals surface area contributed by atoms with Crippen LogP contribution in [-0.4, -0.2) is 55.1 Å². The number of anilines is 1. The second kappa shape index (κ2) is 8.51. The van der Waals surface area contributed by atoms with Gasteiger partial charge in [0.1, 0.15) is 0 Å². The quantitative estimate of drug-likeness (QED) is 0.567. The van der Waals surface area contributed by atoms with E-state index < -0.39 is 21.9 Å². The summed E-state index contributed by atoms with van der Waals surface area (Å²) < 4.78 is 36.7. The number of hydrogen-bond acceptors (Lipinski definition) is 7. The van der Waals surface area contributed by atoms with Gasteiger partial charge in [0.25, 0.3) is 15.9 Å². The molecule has 30 heavy (non-hydrogen) atoms. The molecule has 0 aliphatic heterocycles. The molecule has 0 radical (unpaired) electrons. The number of amides is 1. The largest absolute Gasteiger partial charge is 0.461 e. The first kappa shape index (κ1) is 21.3. The van der Waals surface area contributed by atoms with Crippen molar-refractivity contribution >= 4 is 27.6 Å². The minimum Gasteiger partial charge on any atom is -0.461 e. The number of rotatable bonds is 7. The zero-order chi connectivity index (χ0) is 21.9. The van der Waals surface area contributed by atoms with E-state index in [1.165, 1.54) is 37.0 Å². The number of furan rings is 1. The molecule has 2 aromatic heterocycles. The maximum absolute atomic E-state index is 12.4. The van der Waals surface area contributed by atoms with Gasteiger partial charge in [-0.2, -0.15) is 5.10 Å². The van der Waals surface area contributed by atoms with Crippen molar-refractivity contribution in [1.82, 2.24) is 14.1 Å². The molecule has 0 unspecified atom stereocenters. The standard InChI is InChI=1S/C19H20N4O6S/c1-4-28-19(25)15-10-11-23(21-15)14-7-5-6-13(12-14)20-18(24)16-8-9-17(29-16)30(26,27)22(2)3/h5-12H,4H2,1-3H3,(H,20,24). The Morgan fingerprint density at radius 2 is 1.97 bits per heavy atom. The first-order valence-electron chi connectivity index (χ1n) is 8.89. The van der Waals surface area contributed by atoms with Crippen LogP contribution in [0.5, 0.6) is 0 Å². The highest BCUT2D eigenvalue weighted by molar-refractivity contribution is 7.88. The lowest BCUT2D eigenvalue weighted by Gasteiger charge is -2.08. The molecular formula is C19H20N4O6S. The zero-order valence-corrected chi connectivity index (χ0v) is 17.3. The lowest BCUT2D eigenvalue weighted by Crippen LogP contribution is -2.21. The fraction of sp³-hybridized carbons (Fsp3) is 0.211. The number of ether oxygens (including phenoxy) is 1. The Morgan fingerprint density at radius 1 is 1.20 bits per heavy atom. The monoisotopic (exact) mass is 432 g/mol. The van der Waals surface area contributed by atoms with Crippen molar-refractivity contribution < 1.29 is 27.2 Å². The molecule has 2 heterocycles. The van der Waals surface area contributed by atoms with E-state index >= 15 is 0 Å². The summed E-state index contributed by atoms with van der Waals surface area (Å²) in [6, 6.07) is 10.8. The summed E-state index contributed by atoms with van der Waals surface area (Å²) in [4.78, 5) is 24.2. The minimum atomic E-state index is -3.78. The van der Waals surface area contributed by atoms with Crippen LogP contribution in [0.3, 0.4) is 0 Å². The molecule has 11 heteroatoms. The van der Waals surface area contributed by atoms with Crippen molar-refractivity contribution in [2.45, 2.75) is 12.0 Å². The van der Waals surface area contributed by atoms with Crippen LogP contribution in [0.4, 0.5) is 5.69 Å². The Kier molecular flexibility index (Phi) is 6.04. The molecule has 1 aromatic carbocycles. The Bertz CT molecular complexity index is 1180. The van der Waals surface area contributed by atoms with E-state index in [9.17, 15) is 18.0 Å². The summed E-state index contributed by atoms with van der Waals surface area (Å²) in [5.74, 6) is -1.29. The Hall–Kier alpha value is -3.44. The molecular weight excluding hydrogens is 412 g/mol. The minimum absolute atomic E-state index is 0.149. The molecule has 0 aliphatic carbocycles. The average Bonchev–Trinajstić information content (AvgIpc) is 3.39. The topological polar surface area (TPSA) is 124 Å². The predicted molar refractivity (Wildman–Crippen MR) is 107 cm³/mol. The highest BCUT2D eigenvalue weighted by Crippen LogP contribution is 2.19. The van der Waals surface area contributed by atoms with E-state index in [0.29, 0.717) is 11.4 Å². The van der Waals surface area contributed by atoms with Crippen LogP contribution in [0.1, 0.15) is 28.0 Å². The van der Waals surface area contributed by atoms with Crippen LogP contribution in [0.25, 0.3) is 5.69 Å². The third-order valence-corrected chi connectivity index (χ3v) is 5.67. The number of hydrogen-bond donors (Lipinski definition) is 1. The first-order valence-corrected chi connectivity index (χ1v) is 10.3. The molecule has 0 saturated carbocycles. The fourth-order valence-electron chi connectivity index (χ4n) is 2.46. The number of carbonyl (C=O) groups excluding carboxylic acids is 2. The average molecular weight is 432 g/mol. The van der Waals surface area contributed by atoms with E-state index in [4.69, 9.17) is 9.15 Å². The first-order chi connectivity index (χ1) is 14.2. The molecule has 1 amide bonds. The van der Waals surface area contributed by atoms with E-state index in [0.717, 1.165) is 4.31 Å². The Morgan fingerprint density at radius 3 is 2.67 bits per heavy atom. The molecule has 0 fully saturated rings. The van der Waals surface area contributed by atoms with Gasteiger partial charge in [-0.3, -0.25) is 4.79 Å². The molecule has 0 atom stereocenters. The summed E-state index contributed by atoms with van der Waals surface area (Å²) in [5, 5.41) is 6.48. The van der Waals surface area contributed by atoms with Gasteiger partial charge in [-0.25, -0.2) is 22.2 Å². The van der Waals surface area contributed by atoms with Crippen molar-refractivity contribution in [3.8, 4) is 5.69 Å². The smallest absolute Gasteiger partial charge is 0.358 e. The number of aromatic nitrogens is 2. The molecule has 158 valence electrons. The highest BCUT2D eigenvalue weighted by Gasteiger charge is 2.23. The van der Waals surface area contributed by atoms with Gasteiger partial charge in [-0.05, 0) is 43.3 Å². The van der Waals surface area contributed by atoms with E-state index in [1.54, 1.807) is 37.4 Å². The molecule has 10 nitrogen and oxygen atoms in total. The second-order valence-corrected chi connectivity index (χ2v) is 8.36. The third kappa shape index (κ3) is 4.42. The number of nitrogens with one attached hydrogen (secondary N) is 1. The number of benzene rings is 1. The Balaban J connectivity index is 1.77. The van der Waals surface area contributed by atoms with Crippen molar-refractivity contribution in [2.24, 2.45) is 0 Å². The van der Waals surface area contributed by atoms with Crippen molar-refractivity contribution in [2.75, 3.05) is 26.0 Å².